The van der Waals surface area contributed by atoms with Crippen LogP contribution in [0.3, 0.4) is 0 Å². The van der Waals surface area contributed by atoms with E-state index in [0.29, 0.717) is 24.3 Å². The minimum atomic E-state index is -0.460. The summed E-state index contributed by atoms with van der Waals surface area (Å²) in [6, 6.07) is 14.6. The van der Waals surface area contributed by atoms with E-state index in [1.807, 2.05) is 31.2 Å². The molecule has 6 heteroatoms. The average molecular weight is 393 g/mol. The molecule has 152 valence electrons. The summed E-state index contributed by atoms with van der Waals surface area (Å²) in [4.78, 5) is 39.4. The van der Waals surface area contributed by atoms with E-state index in [-0.39, 0.29) is 24.1 Å². The molecule has 0 spiro atoms. The van der Waals surface area contributed by atoms with Crippen LogP contribution in [0.1, 0.15) is 42.1 Å². The van der Waals surface area contributed by atoms with Gasteiger partial charge in [-0.05, 0) is 37.1 Å². The van der Waals surface area contributed by atoms with Crippen LogP contribution < -0.4 is 15.5 Å². The molecule has 2 aromatic carbocycles. The fourth-order valence-corrected chi connectivity index (χ4v) is 3.48. The monoisotopic (exact) mass is 393 g/mol. The van der Waals surface area contributed by atoms with E-state index in [9.17, 15) is 14.4 Å². The number of nitrogens with zero attached hydrogens (tertiary/aromatic N) is 1. The molecule has 1 aliphatic heterocycles. The van der Waals surface area contributed by atoms with Crippen LogP contribution in [0.15, 0.2) is 48.5 Å². The standard InChI is InChI=1S/C23H27N3O3/c1-3-4-13-24-23(29)18-10-6-7-11-19(18)25-22(28)17-14-21(27)26(15-17)20-12-8-5-9-16(20)2/h5-12,17H,3-4,13-15H2,1-2H3,(H,24,29)(H,25,28)/t17-/m0/s1. The molecule has 1 aliphatic rings. The minimum Gasteiger partial charge on any atom is -0.352 e. The molecule has 0 aliphatic carbocycles. The summed E-state index contributed by atoms with van der Waals surface area (Å²) >= 11 is 0. The third-order valence-corrected chi connectivity index (χ3v) is 5.15. The van der Waals surface area contributed by atoms with Gasteiger partial charge in [0.25, 0.3) is 5.91 Å². The number of rotatable bonds is 7. The Morgan fingerprint density at radius 3 is 2.59 bits per heavy atom. The highest BCUT2D eigenvalue weighted by molar-refractivity contribution is 6.07. The Bertz CT molecular complexity index is 910. The van der Waals surface area contributed by atoms with Crippen molar-refractivity contribution in [2.75, 3.05) is 23.3 Å². The first-order chi connectivity index (χ1) is 14.0. The molecule has 0 radical (unpaired) electrons. The highest BCUT2D eigenvalue weighted by Gasteiger charge is 2.35. The van der Waals surface area contributed by atoms with Gasteiger partial charge in [-0.3, -0.25) is 14.4 Å². The maximum atomic E-state index is 12.8. The smallest absolute Gasteiger partial charge is 0.253 e. The lowest BCUT2D eigenvalue weighted by Gasteiger charge is -2.19. The quantitative estimate of drug-likeness (QED) is 0.707. The van der Waals surface area contributed by atoms with Gasteiger partial charge in [0.2, 0.25) is 11.8 Å². The molecule has 1 heterocycles. The number of hydrogen-bond donors (Lipinski definition) is 2. The molecule has 1 saturated heterocycles. The number of benzene rings is 2. The van der Waals surface area contributed by atoms with E-state index >= 15 is 0 Å². The second-order valence-corrected chi connectivity index (χ2v) is 7.34. The summed E-state index contributed by atoms with van der Waals surface area (Å²) in [6.45, 7) is 4.94. The van der Waals surface area contributed by atoms with Crippen molar-refractivity contribution in [1.82, 2.24) is 5.32 Å². The van der Waals surface area contributed by atoms with Gasteiger partial charge >= 0.3 is 0 Å². The molecule has 2 aromatic rings. The number of amides is 3. The Labute approximate surface area is 171 Å². The van der Waals surface area contributed by atoms with Gasteiger partial charge in [0.05, 0.1) is 17.2 Å². The van der Waals surface area contributed by atoms with Gasteiger partial charge in [0, 0.05) is 25.2 Å². The molecule has 0 bridgehead atoms. The Kier molecular flexibility index (Phi) is 6.65. The van der Waals surface area contributed by atoms with Gasteiger partial charge in [-0.15, -0.1) is 0 Å². The van der Waals surface area contributed by atoms with Gasteiger partial charge in [-0.1, -0.05) is 43.7 Å². The number of hydrogen-bond acceptors (Lipinski definition) is 3. The maximum absolute atomic E-state index is 12.8. The SMILES string of the molecule is CCCCNC(=O)c1ccccc1NC(=O)[C@H]1CC(=O)N(c2ccccc2C)C1. The Balaban J connectivity index is 1.69. The Morgan fingerprint density at radius 1 is 1.10 bits per heavy atom. The van der Waals surface area contributed by atoms with Crippen molar-refractivity contribution < 1.29 is 14.4 Å². The van der Waals surface area contributed by atoms with Crippen molar-refractivity contribution in [1.29, 1.82) is 0 Å². The van der Waals surface area contributed by atoms with Crippen LogP contribution >= 0.6 is 0 Å². The molecule has 3 amide bonds. The number of carbonyl (C=O) groups is 3. The van der Waals surface area contributed by atoms with Crippen molar-refractivity contribution in [2.24, 2.45) is 5.92 Å². The van der Waals surface area contributed by atoms with E-state index in [4.69, 9.17) is 0 Å². The average Bonchev–Trinajstić information content (AvgIpc) is 3.10. The van der Waals surface area contributed by atoms with Crippen molar-refractivity contribution in [3.8, 4) is 0 Å². The lowest BCUT2D eigenvalue weighted by atomic mass is 10.1. The second-order valence-electron chi connectivity index (χ2n) is 7.34. The van der Waals surface area contributed by atoms with Crippen LogP contribution in [0.4, 0.5) is 11.4 Å². The first kappa shape index (κ1) is 20.6. The number of para-hydroxylation sites is 2. The predicted octanol–water partition coefficient (Wildman–Crippen LogP) is 3.52. The molecular weight excluding hydrogens is 366 g/mol. The van der Waals surface area contributed by atoms with Crippen LogP contribution in [0.5, 0.6) is 0 Å². The van der Waals surface area contributed by atoms with Crippen molar-refractivity contribution >= 4 is 29.1 Å². The summed E-state index contributed by atoms with van der Waals surface area (Å²) < 4.78 is 0. The Morgan fingerprint density at radius 2 is 1.83 bits per heavy atom. The van der Waals surface area contributed by atoms with Crippen LogP contribution in [0, 0.1) is 12.8 Å². The highest BCUT2D eigenvalue weighted by Crippen LogP contribution is 2.28. The fourth-order valence-electron chi connectivity index (χ4n) is 3.48. The second kappa shape index (κ2) is 9.37. The number of anilines is 2. The van der Waals surface area contributed by atoms with Crippen molar-refractivity contribution in [3.05, 3.63) is 59.7 Å². The van der Waals surface area contributed by atoms with Gasteiger partial charge in [-0.2, -0.15) is 0 Å². The zero-order valence-corrected chi connectivity index (χ0v) is 16.9. The van der Waals surface area contributed by atoms with Crippen molar-refractivity contribution in [2.45, 2.75) is 33.1 Å². The van der Waals surface area contributed by atoms with Crippen LogP contribution in [-0.4, -0.2) is 30.8 Å². The van der Waals surface area contributed by atoms with Gasteiger partial charge < -0.3 is 15.5 Å². The molecule has 29 heavy (non-hydrogen) atoms. The molecular formula is C23H27N3O3. The molecule has 0 saturated carbocycles. The highest BCUT2D eigenvalue weighted by atomic mass is 16.2. The molecule has 3 rings (SSSR count). The lowest BCUT2D eigenvalue weighted by molar-refractivity contribution is -0.122. The first-order valence-corrected chi connectivity index (χ1v) is 10.0. The first-order valence-electron chi connectivity index (χ1n) is 10.0. The fraction of sp³-hybridized carbons (Fsp3) is 0.348. The van der Waals surface area contributed by atoms with Crippen LogP contribution in [0.25, 0.3) is 0 Å². The summed E-state index contributed by atoms with van der Waals surface area (Å²) in [7, 11) is 0. The largest absolute Gasteiger partial charge is 0.352 e. The topological polar surface area (TPSA) is 78.5 Å². The predicted molar refractivity (Wildman–Crippen MR) is 114 cm³/mol. The molecule has 2 N–H and O–H groups in total. The van der Waals surface area contributed by atoms with E-state index in [1.165, 1.54) is 0 Å². The summed E-state index contributed by atoms with van der Waals surface area (Å²) in [6.07, 6.45) is 2.05. The van der Waals surface area contributed by atoms with Gasteiger partial charge in [0.15, 0.2) is 0 Å². The number of unbranched alkanes of at least 4 members (excludes halogenated alkanes) is 1. The Hall–Kier alpha value is -3.15. The summed E-state index contributed by atoms with van der Waals surface area (Å²) in [5.74, 6) is -0.981. The van der Waals surface area contributed by atoms with E-state index in [0.717, 1.165) is 24.1 Å². The summed E-state index contributed by atoms with van der Waals surface area (Å²) in [5.41, 5.74) is 2.73. The third kappa shape index (κ3) is 4.83. The zero-order chi connectivity index (χ0) is 20.8. The molecule has 0 aromatic heterocycles. The van der Waals surface area contributed by atoms with Crippen molar-refractivity contribution in [3.63, 3.8) is 0 Å². The van der Waals surface area contributed by atoms with Gasteiger partial charge in [-0.25, -0.2) is 0 Å². The van der Waals surface area contributed by atoms with Gasteiger partial charge in [0.1, 0.15) is 0 Å². The third-order valence-electron chi connectivity index (χ3n) is 5.15. The van der Waals surface area contributed by atoms with E-state index in [1.54, 1.807) is 29.2 Å². The van der Waals surface area contributed by atoms with Crippen LogP contribution in [0.2, 0.25) is 0 Å². The summed E-state index contributed by atoms with van der Waals surface area (Å²) in [5, 5.41) is 5.72. The number of aryl methyl sites for hydroxylation is 1. The van der Waals surface area contributed by atoms with E-state index < -0.39 is 5.92 Å². The number of nitrogens with one attached hydrogen (secondary N) is 2. The minimum absolute atomic E-state index is 0.0648. The lowest BCUT2D eigenvalue weighted by Crippen LogP contribution is -2.30. The number of carbonyl (C=O) groups excluding carboxylic acids is 3. The molecule has 0 unspecified atom stereocenters. The molecule has 1 atom stereocenters. The molecule has 1 fully saturated rings. The zero-order valence-electron chi connectivity index (χ0n) is 16.9. The molecule has 6 nitrogen and oxygen atoms in total. The normalized spacial score (nSPS) is 16.0. The van der Waals surface area contributed by atoms with E-state index in [2.05, 4.69) is 17.6 Å². The van der Waals surface area contributed by atoms with Crippen LogP contribution in [-0.2, 0) is 9.59 Å². The maximum Gasteiger partial charge on any atom is 0.253 e.